The highest BCUT2D eigenvalue weighted by atomic mass is 32.2. The van der Waals surface area contributed by atoms with Gasteiger partial charge in [-0.1, -0.05) is 11.8 Å². The highest BCUT2D eigenvalue weighted by Crippen LogP contribution is 2.18. The number of nitrogens with zero attached hydrogens (tertiary/aromatic N) is 3. The lowest BCUT2D eigenvalue weighted by Gasteiger charge is -2.03. The number of nitrogens with one attached hydrogen (secondary N) is 1. The molecule has 0 fully saturated rings. The molecule has 6 heteroatoms. The molecule has 0 saturated heterocycles. The van der Waals surface area contributed by atoms with Crippen molar-refractivity contribution in [3.05, 3.63) is 5.82 Å². The van der Waals surface area contributed by atoms with Gasteiger partial charge in [0.15, 0.2) is 0 Å². The first-order chi connectivity index (χ1) is 5.77. The first-order valence-corrected chi connectivity index (χ1v) is 4.60. The molecule has 0 radical (unpaired) electrons. The van der Waals surface area contributed by atoms with Gasteiger partial charge in [-0.15, -0.1) is 10.2 Å². The Balaban J connectivity index is 2.40. The largest absolute Gasteiger partial charge is 0.273 e. The van der Waals surface area contributed by atoms with Crippen molar-refractivity contribution in [1.82, 2.24) is 14.9 Å². The van der Waals surface area contributed by atoms with E-state index in [9.17, 15) is 4.79 Å². The van der Waals surface area contributed by atoms with Gasteiger partial charge in [-0.2, -0.15) is 0 Å². The summed E-state index contributed by atoms with van der Waals surface area (Å²) in [6, 6.07) is 0. The van der Waals surface area contributed by atoms with Gasteiger partial charge in [-0.25, -0.2) is 4.68 Å². The molecule has 0 bridgehead atoms. The zero-order valence-corrected chi connectivity index (χ0v) is 7.39. The molecule has 0 spiro atoms. The third-order valence-corrected chi connectivity index (χ3v) is 2.52. The highest BCUT2D eigenvalue weighted by Gasteiger charge is 2.15. The van der Waals surface area contributed by atoms with Crippen molar-refractivity contribution >= 4 is 17.7 Å². The van der Waals surface area contributed by atoms with E-state index in [0.717, 1.165) is 10.9 Å². The summed E-state index contributed by atoms with van der Waals surface area (Å²) in [7, 11) is 0. The van der Waals surface area contributed by atoms with Crippen molar-refractivity contribution in [2.75, 3.05) is 11.2 Å². The second kappa shape index (κ2) is 2.78. The number of carbonyl (C=O) groups excluding carboxylic acids is 1. The molecule has 12 heavy (non-hydrogen) atoms. The van der Waals surface area contributed by atoms with Crippen molar-refractivity contribution in [1.29, 1.82) is 0 Å². The van der Waals surface area contributed by atoms with E-state index >= 15 is 0 Å². The van der Waals surface area contributed by atoms with E-state index in [2.05, 4.69) is 15.6 Å². The third-order valence-electron chi connectivity index (χ3n) is 1.59. The van der Waals surface area contributed by atoms with Crippen LogP contribution in [0.3, 0.4) is 0 Å². The van der Waals surface area contributed by atoms with Crippen LogP contribution < -0.4 is 5.43 Å². The van der Waals surface area contributed by atoms with Crippen LogP contribution in [0.2, 0.25) is 0 Å². The minimum atomic E-state index is 0.0177. The van der Waals surface area contributed by atoms with Gasteiger partial charge >= 0.3 is 0 Å². The second-order valence-electron chi connectivity index (χ2n) is 2.50. The Morgan fingerprint density at radius 1 is 1.58 bits per heavy atom. The normalized spacial score (nSPS) is 16.6. The fraction of sp³-hybridized carbons (Fsp3) is 0.500. The summed E-state index contributed by atoms with van der Waals surface area (Å²) < 4.78 is 1.62. The molecular weight excluding hydrogens is 176 g/mol. The van der Waals surface area contributed by atoms with Gasteiger partial charge in [-0.3, -0.25) is 10.2 Å². The van der Waals surface area contributed by atoms with Gasteiger partial charge in [0.25, 0.3) is 0 Å². The van der Waals surface area contributed by atoms with E-state index in [0.29, 0.717) is 12.2 Å². The van der Waals surface area contributed by atoms with Crippen LogP contribution in [0, 0.1) is 6.92 Å². The van der Waals surface area contributed by atoms with E-state index < -0.39 is 0 Å². The molecule has 0 aliphatic carbocycles. The third kappa shape index (κ3) is 1.18. The minimum absolute atomic E-state index is 0.0177. The average Bonchev–Trinajstić information content (AvgIpc) is 2.31. The van der Waals surface area contributed by atoms with Crippen molar-refractivity contribution in [3.63, 3.8) is 0 Å². The molecule has 1 aromatic heterocycles. The number of thioether (sulfide) groups is 1. The molecule has 1 aromatic rings. The molecule has 64 valence electrons. The molecule has 0 aromatic carbocycles. The first-order valence-electron chi connectivity index (χ1n) is 3.62. The van der Waals surface area contributed by atoms with E-state index in [1.807, 2.05) is 6.92 Å². The monoisotopic (exact) mass is 184 g/mol. The number of hydrogen-bond donors (Lipinski definition) is 1. The van der Waals surface area contributed by atoms with Gasteiger partial charge < -0.3 is 0 Å². The Labute approximate surface area is 73.5 Å². The predicted octanol–water partition coefficient (Wildman–Crippen LogP) is 0.152. The van der Waals surface area contributed by atoms with Crippen LogP contribution in [0.1, 0.15) is 12.2 Å². The van der Waals surface area contributed by atoms with E-state index in [4.69, 9.17) is 0 Å². The van der Waals surface area contributed by atoms with Crippen molar-refractivity contribution in [2.24, 2.45) is 0 Å². The van der Waals surface area contributed by atoms with Gasteiger partial charge in [0, 0.05) is 12.2 Å². The van der Waals surface area contributed by atoms with Crippen LogP contribution in [0.15, 0.2) is 5.16 Å². The van der Waals surface area contributed by atoms with E-state index in [1.165, 1.54) is 0 Å². The fourth-order valence-electron chi connectivity index (χ4n) is 0.981. The highest BCUT2D eigenvalue weighted by molar-refractivity contribution is 7.99. The summed E-state index contributed by atoms with van der Waals surface area (Å²) in [5.74, 6) is 1.50. The number of rotatable bonds is 0. The lowest BCUT2D eigenvalue weighted by atomic mass is 10.5. The van der Waals surface area contributed by atoms with Crippen LogP contribution >= 0.6 is 11.8 Å². The van der Waals surface area contributed by atoms with Gasteiger partial charge in [0.05, 0.1) is 0 Å². The predicted molar refractivity (Wildman–Crippen MR) is 44.5 cm³/mol. The van der Waals surface area contributed by atoms with Crippen molar-refractivity contribution < 1.29 is 4.79 Å². The van der Waals surface area contributed by atoms with Crippen LogP contribution in [0.5, 0.6) is 0 Å². The van der Waals surface area contributed by atoms with Crippen LogP contribution in [0.25, 0.3) is 0 Å². The quantitative estimate of drug-likeness (QED) is 0.623. The summed E-state index contributed by atoms with van der Waals surface area (Å²) in [5.41, 5.74) is 2.70. The Morgan fingerprint density at radius 3 is 3.25 bits per heavy atom. The minimum Gasteiger partial charge on any atom is -0.273 e. The standard InChI is InChI=1S/C6H8N4OS/c1-4-7-8-6-10(4)9-5(11)2-3-12-6/h2-3H2,1H3,(H,9,11). The number of fused-ring (bicyclic) bond motifs is 1. The van der Waals surface area contributed by atoms with Crippen molar-refractivity contribution in [2.45, 2.75) is 18.5 Å². The molecule has 2 rings (SSSR count). The Morgan fingerprint density at radius 2 is 2.42 bits per heavy atom. The van der Waals surface area contributed by atoms with Crippen LogP contribution in [-0.2, 0) is 4.79 Å². The summed E-state index contributed by atoms with van der Waals surface area (Å²) in [6.07, 6.45) is 0.535. The number of aryl methyl sites for hydroxylation is 1. The molecule has 0 unspecified atom stereocenters. The van der Waals surface area contributed by atoms with Crippen LogP contribution in [-0.4, -0.2) is 26.5 Å². The molecule has 1 aliphatic heterocycles. The second-order valence-corrected chi connectivity index (χ2v) is 3.56. The summed E-state index contributed by atoms with van der Waals surface area (Å²) in [4.78, 5) is 11.1. The summed E-state index contributed by atoms with van der Waals surface area (Å²) in [6.45, 7) is 1.81. The number of carbonyl (C=O) groups is 1. The molecule has 1 amide bonds. The maximum Gasteiger partial charge on any atom is 0.239 e. The fourth-order valence-corrected chi connectivity index (χ4v) is 1.86. The van der Waals surface area contributed by atoms with Gasteiger partial charge in [0.2, 0.25) is 11.1 Å². The maximum absolute atomic E-state index is 11.1. The van der Waals surface area contributed by atoms with E-state index in [-0.39, 0.29) is 5.91 Å². The smallest absolute Gasteiger partial charge is 0.239 e. The lowest BCUT2D eigenvalue weighted by molar-refractivity contribution is -0.116. The molecule has 0 atom stereocenters. The van der Waals surface area contributed by atoms with E-state index in [1.54, 1.807) is 16.4 Å². The van der Waals surface area contributed by atoms with Crippen LogP contribution in [0.4, 0.5) is 0 Å². The zero-order chi connectivity index (χ0) is 8.55. The van der Waals surface area contributed by atoms with Gasteiger partial charge in [0.1, 0.15) is 5.82 Å². The van der Waals surface area contributed by atoms with Gasteiger partial charge in [-0.05, 0) is 6.92 Å². The SMILES string of the molecule is Cc1nnc2n1NC(=O)CCS2. The lowest BCUT2D eigenvalue weighted by Crippen LogP contribution is -2.22. The molecule has 5 nitrogen and oxygen atoms in total. The topological polar surface area (TPSA) is 59.8 Å². The number of amides is 1. The number of aromatic nitrogens is 3. The molecule has 0 saturated carbocycles. The average molecular weight is 184 g/mol. The number of hydrogen-bond acceptors (Lipinski definition) is 4. The zero-order valence-electron chi connectivity index (χ0n) is 6.57. The molecule has 2 heterocycles. The first kappa shape index (κ1) is 7.60. The molecule has 1 aliphatic rings. The molecule has 1 N–H and O–H groups in total. The molecular formula is C6H8N4OS. The maximum atomic E-state index is 11.1. The summed E-state index contributed by atoms with van der Waals surface area (Å²) in [5, 5.41) is 8.53. The van der Waals surface area contributed by atoms with Crippen molar-refractivity contribution in [3.8, 4) is 0 Å². The Bertz CT molecular complexity index is 321. The Kier molecular flexibility index (Phi) is 1.76. The Hall–Kier alpha value is -1.04. The summed E-state index contributed by atoms with van der Waals surface area (Å²) >= 11 is 1.54.